The predicted octanol–water partition coefficient (Wildman–Crippen LogP) is 2.87. The van der Waals surface area contributed by atoms with Gasteiger partial charge in [0.2, 0.25) is 5.95 Å². The smallest absolute Gasteiger partial charge is 0.338 e. The van der Waals surface area contributed by atoms with Crippen LogP contribution in [-0.4, -0.2) is 47.7 Å². The number of hydrogen-bond acceptors (Lipinski definition) is 6. The van der Waals surface area contributed by atoms with Crippen LogP contribution in [0.25, 0.3) is 28.1 Å². The highest BCUT2D eigenvalue weighted by molar-refractivity contribution is 5.87. The molecule has 5 rings (SSSR count). The summed E-state index contributed by atoms with van der Waals surface area (Å²) in [6.45, 7) is 0.0105. The lowest BCUT2D eigenvalue weighted by Crippen LogP contribution is -2.17. The Labute approximate surface area is 190 Å². The number of carbonyl (C=O) groups is 1. The Morgan fingerprint density at radius 3 is 2.74 bits per heavy atom. The first-order chi connectivity index (χ1) is 16.4. The Balaban J connectivity index is 1.47. The maximum Gasteiger partial charge on any atom is 0.338 e. The second kappa shape index (κ2) is 8.28. The van der Waals surface area contributed by atoms with Gasteiger partial charge < -0.3 is 9.84 Å². The van der Waals surface area contributed by atoms with Crippen molar-refractivity contribution in [1.29, 1.82) is 0 Å². The van der Waals surface area contributed by atoms with Crippen LogP contribution in [0.5, 0.6) is 5.75 Å². The molecule has 0 amide bonds. The monoisotopic (exact) mass is 460 g/mol. The minimum absolute atomic E-state index is 0.0105. The first-order valence-electron chi connectivity index (χ1n) is 10.1. The molecule has 0 atom stereocenters. The molecule has 0 unspecified atom stereocenters. The van der Waals surface area contributed by atoms with E-state index in [9.17, 15) is 14.0 Å². The molecule has 0 radical (unpaired) electrons. The summed E-state index contributed by atoms with van der Waals surface area (Å²) >= 11 is 0. The Hall–Kier alpha value is -4.80. The van der Waals surface area contributed by atoms with E-state index in [0.717, 1.165) is 16.4 Å². The molecule has 170 valence electrons. The molecular formula is C23H17FN6O4. The minimum atomic E-state index is -1.15. The van der Waals surface area contributed by atoms with Gasteiger partial charge in [-0.15, -0.1) is 0 Å². The van der Waals surface area contributed by atoms with Gasteiger partial charge in [0.05, 0.1) is 31.6 Å². The molecule has 11 heteroatoms. The van der Waals surface area contributed by atoms with Crippen molar-refractivity contribution in [3.8, 4) is 22.8 Å². The Kier molecular flexibility index (Phi) is 5.13. The fourth-order valence-electron chi connectivity index (χ4n) is 3.66. The van der Waals surface area contributed by atoms with Crippen LogP contribution in [0.15, 0.2) is 65.8 Å². The van der Waals surface area contributed by atoms with Crippen LogP contribution in [0.2, 0.25) is 0 Å². The van der Waals surface area contributed by atoms with E-state index in [1.54, 1.807) is 25.3 Å². The lowest BCUT2D eigenvalue weighted by Gasteiger charge is -2.10. The molecule has 0 aliphatic heterocycles. The maximum atomic E-state index is 15.0. The fourth-order valence-corrected chi connectivity index (χ4v) is 3.66. The van der Waals surface area contributed by atoms with Gasteiger partial charge in [-0.05, 0) is 17.7 Å². The lowest BCUT2D eigenvalue weighted by molar-refractivity contribution is 0.0697. The van der Waals surface area contributed by atoms with Gasteiger partial charge in [-0.1, -0.05) is 30.3 Å². The Bertz CT molecular complexity index is 1600. The average molecular weight is 460 g/mol. The number of carboxylic acids is 1. The zero-order valence-electron chi connectivity index (χ0n) is 17.8. The number of ether oxygens (including phenoxy) is 1. The largest absolute Gasteiger partial charge is 0.496 e. The number of para-hydroxylation sites is 1. The third kappa shape index (κ3) is 3.68. The summed E-state index contributed by atoms with van der Waals surface area (Å²) < 4.78 is 22.8. The minimum Gasteiger partial charge on any atom is -0.496 e. The van der Waals surface area contributed by atoms with Crippen LogP contribution in [0.1, 0.15) is 15.9 Å². The summed E-state index contributed by atoms with van der Waals surface area (Å²) in [6.07, 6.45) is 3.76. The van der Waals surface area contributed by atoms with E-state index in [1.807, 2.05) is 18.2 Å². The molecule has 0 bridgehead atoms. The topological polar surface area (TPSA) is 128 Å². The highest BCUT2D eigenvalue weighted by Gasteiger charge is 2.16. The lowest BCUT2D eigenvalue weighted by atomic mass is 10.0. The maximum absolute atomic E-state index is 15.0. The number of fused-ring (bicyclic) bond motifs is 1. The second-order valence-corrected chi connectivity index (χ2v) is 7.41. The number of halogens is 1. The number of aromatic carboxylic acids is 1. The van der Waals surface area contributed by atoms with Crippen molar-refractivity contribution >= 4 is 17.0 Å². The summed E-state index contributed by atoms with van der Waals surface area (Å²) in [7, 11) is 1.56. The van der Waals surface area contributed by atoms with Gasteiger partial charge in [-0.2, -0.15) is 10.2 Å². The van der Waals surface area contributed by atoms with Gasteiger partial charge in [0.15, 0.2) is 5.52 Å². The Morgan fingerprint density at radius 2 is 2.00 bits per heavy atom. The number of nitrogens with one attached hydrogen (secondary N) is 1. The van der Waals surface area contributed by atoms with Gasteiger partial charge >= 0.3 is 5.97 Å². The van der Waals surface area contributed by atoms with Crippen molar-refractivity contribution in [2.24, 2.45) is 0 Å². The molecule has 2 aromatic carbocycles. The van der Waals surface area contributed by atoms with Crippen LogP contribution in [0.4, 0.5) is 4.39 Å². The molecule has 0 aliphatic rings. The molecule has 3 heterocycles. The fraction of sp³-hybridized carbons (Fsp3) is 0.0870. The highest BCUT2D eigenvalue weighted by atomic mass is 19.1. The number of methoxy groups -OCH3 is 1. The molecule has 0 spiro atoms. The number of benzene rings is 2. The Morgan fingerprint density at radius 1 is 1.18 bits per heavy atom. The number of H-pyrrole nitrogens is 1. The van der Waals surface area contributed by atoms with E-state index in [4.69, 9.17) is 9.84 Å². The summed E-state index contributed by atoms with van der Waals surface area (Å²) in [4.78, 5) is 30.7. The SMILES string of the molecule is COc1ccccc1-c1ccc(Cn2ncc3nc(-n4cc(C(=O)O)cn4)[nH]c(=O)c32)c(F)c1. The van der Waals surface area contributed by atoms with Crippen molar-refractivity contribution in [2.45, 2.75) is 6.54 Å². The number of aromatic nitrogens is 6. The summed E-state index contributed by atoms with van der Waals surface area (Å²) in [5.74, 6) is -0.933. The first kappa shape index (κ1) is 21.1. The van der Waals surface area contributed by atoms with Crippen molar-refractivity contribution in [3.63, 3.8) is 0 Å². The van der Waals surface area contributed by atoms with Crippen molar-refractivity contribution < 1.29 is 19.0 Å². The molecule has 3 aromatic heterocycles. The molecule has 10 nitrogen and oxygen atoms in total. The number of aromatic amines is 1. The van der Waals surface area contributed by atoms with Crippen LogP contribution in [-0.2, 0) is 6.54 Å². The molecule has 0 saturated carbocycles. The number of nitrogens with zero attached hydrogens (tertiary/aromatic N) is 5. The van der Waals surface area contributed by atoms with E-state index in [0.29, 0.717) is 16.9 Å². The molecule has 0 fully saturated rings. The average Bonchev–Trinajstić information content (AvgIpc) is 3.48. The summed E-state index contributed by atoms with van der Waals surface area (Å²) in [5.41, 5.74) is 1.61. The van der Waals surface area contributed by atoms with Gasteiger partial charge in [0.25, 0.3) is 5.56 Å². The second-order valence-electron chi connectivity index (χ2n) is 7.41. The van der Waals surface area contributed by atoms with Gasteiger partial charge in [-0.25, -0.2) is 18.9 Å². The van der Waals surface area contributed by atoms with Crippen molar-refractivity contribution in [3.05, 3.63) is 88.4 Å². The molecule has 0 saturated heterocycles. The van der Waals surface area contributed by atoms with E-state index < -0.39 is 17.3 Å². The molecule has 0 aliphatic carbocycles. The quantitative estimate of drug-likeness (QED) is 0.399. The van der Waals surface area contributed by atoms with E-state index in [-0.39, 0.29) is 29.1 Å². The molecule has 2 N–H and O–H groups in total. The summed E-state index contributed by atoms with van der Waals surface area (Å²) in [6, 6.07) is 12.2. The summed E-state index contributed by atoms with van der Waals surface area (Å²) in [5, 5.41) is 17.1. The molecule has 34 heavy (non-hydrogen) atoms. The van der Waals surface area contributed by atoms with E-state index in [2.05, 4.69) is 20.2 Å². The van der Waals surface area contributed by atoms with Gasteiger partial charge in [-0.3, -0.25) is 14.5 Å². The van der Waals surface area contributed by atoms with Crippen molar-refractivity contribution in [1.82, 2.24) is 29.5 Å². The number of rotatable bonds is 6. The number of hydrogen-bond donors (Lipinski definition) is 2. The van der Waals surface area contributed by atoms with E-state index >= 15 is 0 Å². The zero-order chi connectivity index (χ0) is 23.8. The predicted molar refractivity (Wildman–Crippen MR) is 120 cm³/mol. The highest BCUT2D eigenvalue weighted by Crippen LogP contribution is 2.30. The zero-order valence-corrected chi connectivity index (χ0v) is 17.8. The van der Waals surface area contributed by atoms with Crippen LogP contribution < -0.4 is 10.3 Å². The molecule has 5 aromatic rings. The van der Waals surface area contributed by atoms with Crippen LogP contribution in [0.3, 0.4) is 0 Å². The third-order valence-electron chi connectivity index (χ3n) is 5.32. The third-order valence-corrected chi connectivity index (χ3v) is 5.32. The van der Waals surface area contributed by atoms with Crippen LogP contribution in [0, 0.1) is 5.82 Å². The molecular weight excluding hydrogens is 443 g/mol. The van der Waals surface area contributed by atoms with Gasteiger partial charge in [0, 0.05) is 17.3 Å². The normalized spacial score (nSPS) is 11.1. The first-order valence-corrected chi connectivity index (χ1v) is 10.1. The van der Waals surface area contributed by atoms with Crippen LogP contribution >= 0.6 is 0 Å². The standard InChI is InChI=1S/C23H17FN6O4/c1-34-19-5-3-2-4-16(19)13-6-7-14(17(24)8-13)11-29-20-18(10-26-29)27-23(28-21(20)31)30-12-15(9-25-30)22(32)33/h2-10,12H,11H2,1H3,(H,32,33)(H,27,28,31). The van der Waals surface area contributed by atoms with Crippen molar-refractivity contribution in [2.75, 3.05) is 7.11 Å². The van der Waals surface area contributed by atoms with E-state index in [1.165, 1.54) is 23.1 Å². The number of carboxylic acid groups (broad SMARTS) is 1. The van der Waals surface area contributed by atoms with Gasteiger partial charge in [0.1, 0.15) is 17.1 Å².